The standard InChI is InChI=1S/C26H41N3Si/c1-8-27(9-2)23-19-22(20(7)21-17-15-14-16-18-21)24(28(10-3)11-4)25(26(23)30)29(12-5)13-6/h14-19H,7-13H2,1-6,30H3. The molecule has 2 aromatic carbocycles. The first kappa shape index (κ1) is 24.1. The molecule has 0 amide bonds. The van der Waals surface area contributed by atoms with E-state index in [9.17, 15) is 0 Å². The van der Waals surface area contributed by atoms with Crippen molar-refractivity contribution < 1.29 is 0 Å². The SMILES string of the molecule is C=C(c1ccccc1)c1cc(N(CC)CC)c([SiH3])c(N(CC)CC)c1N(CC)CC. The fraction of sp³-hybridized carbons (Fsp3) is 0.462. The topological polar surface area (TPSA) is 9.72 Å². The molecule has 2 aromatic rings. The highest BCUT2D eigenvalue weighted by atomic mass is 28.1. The third-order valence-corrected chi connectivity index (χ3v) is 7.20. The minimum atomic E-state index is 0.992. The van der Waals surface area contributed by atoms with Crippen molar-refractivity contribution in [2.45, 2.75) is 41.5 Å². The third kappa shape index (κ3) is 4.75. The molecule has 0 aliphatic rings. The highest BCUT2D eigenvalue weighted by Gasteiger charge is 2.25. The van der Waals surface area contributed by atoms with Gasteiger partial charge in [-0.1, -0.05) is 36.9 Å². The van der Waals surface area contributed by atoms with Gasteiger partial charge in [0.1, 0.15) is 0 Å². The molecule has 30 heavy (non-hydrogen) atoms. The van der Waals surface area contributed by atoms with Gasteiger partial charge in [0.25, 0.3) is 0 Å². The molecular weight excluding hydrogens is 382 g/mol. The van der Waals surface area contributed by atoms with Crippen LogP contribution >= 0.6 is 0 Å². The van der Waals surface area contributed by atoms with Crippen LogP contribution < -0.4 is 19.9 Å². The van der Waals surface area contributed by atoms with Crippen LogP contribution in [0.25, 0.3) is 5.57 Å². The van der Waals surface area contributed by atoms with Crippen LogP contribution in [0, 0.1) is 0 Å². The molecular formula is C26H41N3Si. The van der Waals surface area contributed by atoms with Gasteiger partial charge in [-0.3, -0.25) is 0 Å². The fourth-order valence-electron chi connectivity index (χ4n) is 4.44. The number of nitrogens with zero attached hydrogens (tertiary/aromatic N) is 3. The minimum absolute atomic E-state index is 0.992. The van der Waals surface area contributed by atoms with E-state index in [1.165, 1.54) is 33.4 Å². The maximum atomic E-state index is 4.59. The Kier molecular flexibility index (Phi) is 9.03. The number of rotatable bonds is 11. The lowest BCUT2D eigenvalue weighted by Crippen LogP contribution is -2.36. The van der Waals surface area contributed by atoms with Crippen LogP contribution in [0.4, 0.5) is 17.1 Å². The van der Waals surface area contributed by atoms with Gasteiger partial charge in [-0.05, 0) is 63.9 Å². The summed E-state index contributed by atoms with van der Waals surface area (Å²) in [6.45, 7) is 24.2. The third-order valence-electron chi connectivity index (χ3n) is 6.21. The predicted molar refractivity (Wildman–Crippen MR) is 141 cm³/mol. The second-order valence-corrected chi connectivity index (χ2v) is 8.63. The molecule has 0 aliphatic carbocycles. The lowest BCUT2D eigenvalue weighted by atomic mass is 9.94. The van der Waals surface area contributed by atoms with Crippen LogP contribution in [0.1, 0.15) is 52.7 Å². The Bertz CT molecular complexity index is 820. The van der Waals surface area contributed by atoms with E-state index in [-0.39, 0.29) is 0 Å². The van der Waals surface area contributed by atoms with Gasteiger partial charge in [0, 0.05) is 60.8 Å². The van der Waals surface area contributed by atoms with E-state index in [1.807, 2.05) is 0 Å². The Hall–Kier alpha value is -2.20. The lowest BCUT2D eigenvalue weighted by molar-refractivity contribution is 0.830. The highest BCUT2D eigenvalue weighted by molar-refractivity contribution is 6.41. The van der Waals surface area contributed by atoms with E-state index in [1.54, 1.807) is 0 Å². The van der Waals surface area contributed by atoms with Gasteiger partial charge in [0.15, 0.2) is 0 Å². The molecule has 0 saturated heterocycles. The summed E-state index contributed by atoms with van der Waals surface area (Å²) >= 11 is 0. The van der Waals surface area contributed by atoms with Gasteiger partial charge in [-0.15, -0.1) is 0 Å². The number of hydrogen-bond acceptors (Lipinski definition) is 3. The molecule has 0 aromatic heterocycles. The van der Waals surface area contributed by atoms with E-state index in [4.69, 9.17) is 0 Å². The highest BCUT2D eigenvalue weighted by Crippen LogP contribution is 2.40. The van der Waals surface area contributed by atoms with Crippen LogP contribution in [0.3, 0.4) is 0 Å². The van der Waals surface area contributed by atoms with Gasteiger partial charge in [-0.25, -0.2) is 0 Å². The van der Waals surface area contributed by atoms with Gasteiger partial charge < -0.3 is 14.7 Å². The van der Waals surface area contributed by atoms with Gasteiger partial charge in [-0.2, -0.15) is 0 Å². The second-order valence-electron chi connectivity index (χ2n) is 7.63. The Morgan fingerprint density at radius 2 is 1.20 bits per heavy atom. The van der Waals surface area contributed by atoms with Crippen molar-refractivity contribution in [1.82, 2.24) is 0 Å². The summed E-state index contributed by atoms with van der Waals surface area (Å²) in [4.78, 5) is 7.57. The molecule has 0 radical (unpaired) electrons. The molecule has 0 fully saturated rings. The molecule has 0 atom stereocenters. The maximum absolute atomic E-state index is 4.59. The molecule has 0 heterocycles. The van der Waals surface area contributed by atoms with Crippen LogP contribution in [-0.2, 0) is 0 Å². The maximum Gasteiger partial charge on any atom is 0.0683 e. The smallest absolute Gasteiger partial charge is 0.0683 e. The molecule has 0 saturated carbocycles. The molecule has 4 heteroatoms. The first-order chi connectivity index (χ1) is 14.5. The van der Waals surface area contributed by atoms with Gasteiger partial charge >= 0.3 is 0 Å². The summed E-state index contributed by atoms with van der Waals surface area (Å²) in [7, 11) is 1.01. The van der Waals surface area contributed by atoms with Crippen molar-refractivity contribution in [2.24, 2.45) is 0 Å². The first-order valence-electron chi connectivity index (χ1n) is 11.7. The molecule has 0 spiro atoms. The van der Waals surface area contributed by atoms with Crippen molar-refractivity contribution in [3.63, 3.8) is 0 Å². The largest absolute Gasteiger partial charge is 0.372 e. The molecule has 0 unspecified atom stereocenters. The van der Waals surface area contributed by atoms with Gasteiger partial charge in [0.2, 0.25) is 0 Å². The number of hydrogen-bond donors (Lipinski definition) is 0. The van der Waals surface area contributed by atoms with Crippen LogP contribution in [0.15, 0.2) is 43.0 Å². The average molecular weight is 424 g/mol. The summed E-state index contributed by atoms with van der Waals surface area (Å²) in [5, 5.41) is 1.51. The Labute approximate surface area is 187 Å². The second kappa shape index (κ2) is 11.3. The minimum Gasteiger partial charge on any atom is -0.372 e. The molecule has 0 N–H and O–H groups in total. The summed E-state index contributed by atoms with van der Waals surface area (Å²) < 4.78 is 0. The zero-order chi connectivity index (χ0) is 22.3. The Morgan fingerprint density at radius 1 is 0.733 bits per heavy atom. The lowest BCUT2D eigenvalue weighted by Gasteiger charge is -2.37. The number of anilines is 3. The van der Waals surface area contributed by atoms with E-state index in [2.05, 4.69) is 99.2 Å². The normalized spacial score (nSPS) is 10.9. The quantitative estimate of drug-likeness (QED) is 0.500. The zero-order valence-electron chi connectivity index (χ0n) is 20.3. The summed E-state index contributed by atoms with van der Waals surface area (Å²) in [6.07, 6.45) is 0. The van der Waals surface area contributed by atoms with E-state index >= 15 is 0 Å². The fourth-order valence-corrected chi connectivity index (χ4v) is 5.46. The van der Waals surface area contributed by atoms with Crippen molar-refractivity contribution in [2.75, 3.05) is 54.0 Å². The van der Waals surface area contributed by atoms with Crippen LogP contribution in [0.5, 0.6) is 0 Å². The monoisotopic (exact) mass is 423 g/mol. The molecule has 0 bridgehead atoms. The average Bonchev–Trinajstić information content (AvgIpc) is 2.79. The van der Waals surface area contributed by atoms with E-state index < -0.39 is 0 Å². The molecule has 164 valence electrons. The van der Waals surface area contributed by atoms with Crippen LogP contribution in [-0.4, -0.2) is 49.5 Å². The Balaban J connectivity index is 2.93. The van der Waals surface area contributed by atoms with Gasteiger partial charge in [0.05, 0.1) is 11.4 Å². The van der Waals surface area contributed by atoms with Crippen molar-refractivity contribution in [3.05, 3.63) is 54.1 Å². The van der Waals surface area contributed by atoms with Crippen molar-refractivity contribution in [3.8, 4) is 0 Å². The molecule has 2 rings (SSSR count). The van der Waals surface area contributed by atoms with Crippen molar-refractivity contribution in [1.29, 1.82) is 0 Å². The Morgan fingerprint density at radius 3 is 1.67 bits per heavy atom. The number of benzene rings is 2. The zero-order valence-corrected chi connectivity index (χ0v) is 22.3. The van der Waals surface area contributed by atoms with E-state index in [0.29, 0.717) is 0 Å². The van der Waals surface area contributed by atoms with Crippen molar-refractivity contribution >= 4 is 38.1 Å². The predicted octanol–water partition coefficient (Wildman–Crippen LogP) is 4.28. The summed E-state index contributed by atoms with van der Waals surface area (Å²) in [6, 6.07) is 13.1. The summed E-state index contributed by atoms with van der Waals surface area (Å²) in [5.74, 6) is 0. The first-order valence-corrected chi connectivity index (χ1v) is 12.7. The van der Waals surface area contributed by atoms with E-state index in [0.717, 1.165) is 55.1 Å². The molecule has 0 aliphatic heterocycles. The summed E-state index contributed by atoms with van der Waals surface area (Å²) in [5.41, 5.74) is 7.75. The van der Waals surface area contributed by atoms with Crippen LogP contribution in [0.2, 0.25) is 0 Å². The molecule has 3 nitrogen and oxygen atoms in total.